The minimum absolute atomic E-state index is 0.174. The fourth-order valence-corrected chi connectivity index (χ4v) is 2.15. The summed E-state index contributed by atoms with van der Waals surface area (Å²) >= 11 is 0. The Morgan fingerprint density at radius 2 is 1.62 bits per heavy atom. The van der Waals surface area contributed by atoms with Crippen LogP contribution in [0.25, 0.3) is 11.5 Å². The van der Waals surface area contributed by atoms with E-state index in [4.69, 9.17) is 18.6 Å². The van der Waals surface area contributed by atoms with Gasteiger partial charge in [-0.25, -0.2) is 0 Å². The predicted molar refractivity (Wildman–Crippen MR) is 88.2 cm³/mol. The molecule has 0 fully saturated rings. The molecule has 0 unspecified atom stereocenters. The first-order valence-corrected chi connectivity index (χ1v) is 7.61. The van der Waals surface area contributed by atoms with Crippen LogP contribution >= 0.6 is 0 Å². The molecule has 3 rings (SSSR count). The lowest BCUT2D eigenvalue weighted by molar-refractivity contribution is 0.243. The quantitative estimate of drug-likeness (QED) is 0.659. The highest BCUT2D eigenvalue weighted by molar-refractivity contribution is 5.53. The molecule has 0 amide bonds. The molecule has 0 bridgehead atoms. The first-order valence-electron chi connectivity index (χ1n) is 7.61. The van der Waals surface area contributed by atoms with Crippen molar-refractivity contribution in [2.24, 2.45) is 0 Å². The van der Waals surface area contributed by atoms with Crippen molar-refractivity contribution in [2.45, 2.75) is 13.5 Å². The number of hydrogen-bond donors (Lipinski definition) is 0. The summed E-state index contributed by atoms with van der Waals surface area (Å²) in [6.07, 6.45) is 0. The first kappa shape index (κ1) is 15.9. The van der Waals surface area contributed by atoms with E-state index in [-0.39, 0.29) is 6.61 Å². The SMILES string of the molecule is CCOc1ccccc1OCc1nnc(-c2ccc(OC)cc2)o1. The van der Waals surface area contributed by atoms with Crippen LogP contribution < -0.4 is 14.2 Å². The zero-order valence-corrected chi connectivity index (χ0v) is 13.6. The molecule has 6 heteroatoms. The van der Waals surface area contributed by atoms with E-state index >= 15 is 0 Å². The van der Waals surface area contributed by atoms with Crippen LogP contribution in [0.5, 0.6) is 17.2 Å². The van der Waals surface area contributed by atoms with Gasteiger partial charge in [-0.1, -0.05) is 12.1 Å². The maximum Gasteiger partial charge on any atom is 0.254 e. The fraction of sp³-hybridized carbons (Fsp3) is 0.222. The van der Waals surface area contributed by atoms with E-state index < -0.39 is 0 Å². The summed E-state index contributed by atoms with van der Waals surface area (Å²) in [5.41, 5.74) is 0.823. The van der Waals surface area contributed by atoms with Gasteiger partial charge in [-0.05, 0) is 43.3 Å². The van der Waals surface area contributed by atoms with Crippen molar-refractivity contribution in [3.63, 3.8) is 0 Å². The molecule has 0 aliphatic carbocycles. The van der Waals surface area contributed by atoms with Gasteiger partial charge in [0.05, 0.1) is 13.7 Å². The lowest BCUT2D eigenvalue weighted by Crippen LogP contribution is -1.99. The molecule has 0 saturated carbocycles. The number of benzene rings is 2. The minimum atomic E-state index is 0.174. The number of para-hydroxylation sites is 2. The van der Waals surface area contributed by atoms with Crippen LogP contribution in [0.2, 0.25) is 0 Å². The molecule has 124 valence electrons. The number of rotatable bonds is 7. The van der Waals surface area contributed by atoms with Crippen LogP contribution in [0, 0.1) is 0 Å². The Bertz CT molecular complexity index is 784. The van der Waals surface area contributed by atoms with E-state index in [1.165, 1.54) is 0 Å². The van der Waals surface area contributed by atoms with Gasteiger partial charge in [-0.15, -0.1) is 10.2 Å². The average Bonchev–Trinajstić information content (AvgIpc) is 3.10. The van der Waals surface area contributed by atoms with Gasteiger partial charge in [0.15, 0.2) is 18.1 Å². The number of hydrogen-bond acceptors (Lipinski definition) is 6. The average molecular weight is 326 g/mol. The Balaban J connectivity index is 1.68. The van der Waals surface area contributed by atoms with Gasteiger partial charge < -0.3 is 18.6 Å². The fourth-order valence-electron chi connectivity index (χ4n) is 2.15. The van der Waals surface area contributed by atoms with E-state index in [9.17, 15) is 0 Å². The number of ether oxygens (including phenoxy) is 3. The zero-order chi connectivity index (χ0) is 16.8. The molecule has 1 aromatic heterocycles. The maximum atomic E-state index is 5.72. The normalized spacial score (nSPS) is 10.4. The molecular weight excluding hydrogens is 308 g/mol. The van der Waals surface area contributed by atoms with Gasteiger partial charge in [0.1, 0.15) is 5.75 Å². The maximum absolute atomic E-state index is 5.72. The topological polar surface area (TPSA) is 66.6 Å². The molecule has 0 aliphatic heterocycles. The number of aromatic nitrogens is 2. The van der Waals surface area contributed by atoms with Crippen molar-refractivity contribution in [2.75, 3.05) is 13.7 Å². The molecule has 0 atom stereocenters. The van der Waals surface area contributed by atoms with Crippen LogP contribution in [0.4, 0.5) is 0 Å². The molecule has 3 aromatic rings. The molecule has 0 aliphatic rings. The standard InChI is InChI=1S/C18H18N2O4/c1-3-22-15-6-4-5-7-16(15)23-12-17-19-20-18(24-17)13-8-10-14(21-2)11-9-13/h4-11H,3,12H2,1-2H3. The van der Waals surface area contributed by atoms with Gasteiger partial charge in [-0.3, -0.25) is 0 Å². The lowest BCUT2D eigenvalue weighted by Gasteiger charge is -2.09. The second-order valence-electron chi connectivity index (χ2n) is 4.90. The van der Waals surface area contributed by atoms with Gasteiger partial charge in [0.2, 0.25) is 5.89 Å². The summed E-state index contributed by atoms with van der Waals surface area (Å²) in [5, 5.41) is 8.06. The van der Waals surface area contributed by atoms with Crippen molar-refractivity contribution >= 4 is 0 Å². The molecule has 0 saturated heterocycles. The van der Waals surface area contributed by atoms with Crippen LogP contribution in [0.3, 0.4) is 0 Å². The Kier molecular flexibility index (Phi) is 4.96. The van der Waals surface area contributed by atoms with E-state index in [1.807, 2.05) is 55.5 Å². The molecule has 0 N–H and O–H groups in total. The summed E-state index contributed by atoms with van der Waals surface area (Å²) in [5.74, 6) is 2.94. The van der Waals surface area contributed by atoms with Gasteiger partial charge >= 0.3 is 0 Å². The van der Waals surface area contributed by atoms with Crippen molar-refractivity contribution in [1.29, 1.82) is 0 Å². The Labute approximate surface area is 140 Å². The summed E-state index contributed by atoms with van der Waals surface area (Å²) in [7, 11) is 1.62. The first-order chi connectivity index (χ1) is 11.8. The lowest BCUT2D eigenvalue weighted by atomic mass is 10.2. The largest absolute Gasteiger partial charge is 0.497 e. The van der Waals surface area contributed by atoms with Crippen molar-refractivity contribution in [1.82, 2.24) is 10.2 Å². The van der Waals surface area contributed by atoms with Crippen molar-refractivity contribution in [3.05, 3.63) is 54.4 Å². The molecule has 0 spiro atoms. The number of nitrogens with zero attached hydrogens (tertiary/aromatic N) is 2. The number of methoxy groups -OCH3 is 1. The molecule has 1 heterocycles. The highest BCUT2D eigenvalue weighted by atomic mass is 16.5. The Morgan fingerprint density at radius 3 is 2.29 bits per heavy atom. The van der Waals surface area contributed by atoms with Gasteiger partial charge in [0.25, 0.3) is 5.89 Å². The molecule has 2 aromatic carbocycles. The Hall–Kier alpha value is -3.02. The van der Waals surface area contributed by atoms with Gasteiger partial charge in [0, 0.05) is 5.56 Å². The third kappa shape index (κ3) is 3.65. The van der Waals surface area contributed by atoms with E-state index in [0.717, 1.165) is 11.3 Å². The monoisotopic (exact) mass is 326 g/mol. The predicted octanol–water partition coefficient (Wildman–Crippen LogP) is 3.72. The van der Waals surface area contributed by atoms with Crippen molar-refractivity contribution in [3.8, 4) is 28.7 Å². The van der Waals surface area contributed by atoms with Gasteiger partial charge in [-0.2, -0.15) is 0 Å². The molecule has 24 heavy (non-hydrogen) atoms. The second kappa shape index (κ2) is 7.50. The summed E-state index contributed by atoms with van der Waals surface area (Å²) in [6.45, 7) is 2.67. The summed E-state index contributed by atoms with van der Waals surface area (Å²) in [6, 6.07) is 14.9. The van der Waals surface area contributed by atoms with E-state index in [0.29, 0.717) is 29.9 Å². The van der Waals surface area contributed by atoms with Crippen molar-refractivity contribution < 1.29 is 18.6 Å². The minimum Gasteiger partial charge on any atom is -0.497 e. The summed E-state index contributed by atoms with van der Waals surface area (Å²) < 4.78 is 22.0. The Morgan fingerprint density at radius 1 is 0.917 bits per heavy atom. The highest BCUT2D eigenvalue weighted by Crippen LogP contribution is 2.27. The zero-order valence-electron chi connectivity index (χ0n) is 13.6. The summed E-state index contributed by atoms with van der Waals surface area (Å²) in [4.78, 5) is 0. The third-order valence-electron chi connectivity index (χ3n) is 3.30. The third-order valence-corrected chi connectivity index (χ3v) is 3.30. The molecule has 0 radical (unpaired) electrons. The highest BCUT2D eigenvalue weighted by Gasteiger charge is 2.11. The van der Waals surface area contributed by atoms with Crippen LogP contribution in [0.1, 0.15) is 12.8 Å². The second-order valence-corrected chi connectivity index (χ2v) is 4.90. The smallest absolute Gasteiger partial charge is 0.254 e. The van der Waals surface area contributed by atoms with E-state index in [1.54, 1.807) is 7.11 Å². The molecular formula is C18H18N2O4. The van der Waals surface area contributed by atoms with Crippen LogP contribution in [0.15, 0.2) is 52.9 Å². The molecule has 6 nitrogen and oxygen atoms in total. The van der Waals surface area contributed by atoms with Crippen LogP contribution in [-0.4, -0.2) is 23.9 Å². The van der Waals surface area contributed by atoms with E-state index in [2.05, 4.69) is 10.2 Å². The van der Waals surface area contributed by atoms with Crippen LogP contribution in [-0.2, 0) is 6.61 Å².